The fraction of sp³-hybridized carbons (Fsp3) is 0.214. The Kier molecular flexibility index (Phi) is 4.76. The average molecular weight is 292 g/mol. The van der Waals surface area contributed by atoms with Crippen molar-refractivity contribution in [1.82, 2.24) is 9.97 Å². The first-order chi connectivity index (χ1) is 10.0. The smallest absolute Gasteiger partial charge is 0.387 e. The lowest BCUT2D eigenvalue weighted by Gasteiger charge is -2.04. The molecule has 21 heavy (non-hydrogen) atoms. The normalized spacial score (nSPS) is 11.1. The number of aryl methyl sites for hydroxylation is 2. The van der Waals surface area contributed by atoms with Crippen LogP contribution in [0.1, 0.15) is 17.0 Å². The second kappa shape index (κ2) is 6.74. The van der Waals surface area contributed by atoms with E-state index in [0.29, 0.717) is 5.95 Å². The third kappa shape index (κ3) is 4.79. The molecular formula is C14H14F2N4O. The van der Waals surface area contributed by atoms with Crippen molar-refractivity contribution in [3.05, 3.63) is 47.3 Å². The highest BCUT2D eigenvalue weighted by atomic mass is 19.3. The maximum absolute atomic E-state index is 12.0. The zero-order chi connectivity index (χ0) is 15.2. The Morgan fingerprint density at radius 2 is 1.76 bits per heavy atom. The minimum absolute atomic E-state index is 0.104. The Morgan fingerprint density at radius 1 is 1.14 bits per heavy atom. The number of hydrogen-bond acceptors (Lipinski definition) is 5. The van der Waals surface area contributed by atoms with E-state index < -0.39 is 6.61 Å². The number of ether oxygens (including phenoxy) is 1. The van der Waals surface area contributed by atoms with Gasteiger partial charge in [-0.05, 0) is 49.7 Å². The van der Waals surface area contributed by atoms with Gasteiger partial charge < -0.3 is 4.74 Å². The summed E-state index contributed by atoms with van der Waals surface area (Å²) in [6.07, 6.45) is 1.53. The molecule has 1 aromatic heterocycles. The Hall–Kier alpha value is -2.57. The van der Waals surface area contributed by atoms with Gasteiger partial charge in [0, 0.05) is 11.4 Å². The van der Waals surface area contributed by atoms with Crippen LogP contribution in [0.4, 0.5) is 14.7 Å². The molecule has 0 aliphatic heterocycles. The molecule has 2 aromatic rings. The van der Waals surface area contributed by atoms with Crippen molar-refractivity contribution in [1.29, 1.82) is 0 Å². The topological polar surface area (TPSA) is 59.4 Å². The molecule has 0 saturated carbocycles. The minimum Gasteiger partial charge on any atom is -0.435 e. The molecule has 0 spiro atoms. The van der Waals surface area contributed by atoms with Crippen molar-refractivity contribution >= 4 is 12.2 Å². The Labute approximate surface area is 120 Å². The van der Waals surface area contributed by atoms with Crippen LogP contribution in [0.2, 0.25) is 0 Å². The summed E-state index contributed by atoms with van der Waals surface area (Å²) in [4.78, 5) is 8.35. The second-order valence-corrected chi connectivity index (χ2v) is 4.29. The summed E-state index contributed by atoms with van der Waals surface area (Å²) in [5.41, 5.74) is 5.13. The summed E-state index contributed by atoms with van der Waals surface area (Å²) in [6.45, 7) is 0.907. The van der Waals surface area contributed by atoms with Gasteiger partial charge in [-0.3, -0.25) is 0 Å². The summed E-state index contributed by atoms with van der Waals surface area (Å²) in [6, 6.07) is 7.98. The van der Waals surface area contributed by atoms with Crippen LogP contribution in [0.25, 0.3) is 0 Å². The van der Waals surface area contributed by atoms with Crippen molar-refractivity contribution < 1.29 is 13.5 Å². The van der Waals surface area contributed by atoms with E-state index in [4.69, 9.17) is 0 Å². The molecule has 1 heterocycles. The van der Waals surface area contributed by atoms with Crippen LogP contribution in [0.15, 0.2) is 35.4 Å². The van der Waals surface area contributed by atoms with Crippen LogP contribution in [-0.2, 0) is 0 Å². The zero-order valence-electron chi connectivity index (χ0n) is 11.5. The molecule has 110 valence electrons. The van der Waals surface area contributed by atoms with Crippen LogP contribution >= 0.6 is 0 Å². The van der Waals surface area contributed by atoms with E-state index in [-0.39, 0.29) is 5.75 Å². The number of rotatable bonds is 5. The van der Waals surface area contributed by atoms with E-state index in [9.17, 15) is 8.78 Å². The SMILES string of the molecule is Cc1cc(C)nc(N/N=C\c2ccc(OC(F)F)cc2)n1. The third-order valence-corrected chi connectivity index (χ3v) is 2.47. The number of hydrazone groups is 1. The number of aromatic nitrogens is 2. The Balaban J connectivity index is 1.97. The summed E-state index contributed by atoms with van der Waals surface area (Å²) in [7, 11) is 0. The molecule has 0 aliphatic carbocycles. The van der Waals surface area contributed by atoms with Crippen LogP contribution in [-0.4, -0.2) is 22.8 Å². The van der Waals surface area contributed by atoms with Crippen LogP contribution < -0.4 is 10.2 Å². The van der Waals surface area contributed by atoms with Crippen LogP contribution in [0.3, 0.4) is 0 Å². The van der Waals surface area contributed by atoms with E-state index in [1.807, 2.05) is 19.9 Å². The number of benzene rings is 1. The van der Waals surface area contributed by atoms with Crippen molar-refractivity contribution in [2.45, 2.75) is 20.5 Å². The molecule has 0 aliphatic rings. The van der Waals surface area contributed by atoms with Crippen molar-refractivity contribution in [3.63, 3.8) is 0 Å². The predicted octanol–water partition coefficient (Wildman–Crippen LogP) is 3.14. The highest BCUT2D eigenvalue weighted by molar-refractivity contribution is 5.80. The molecule has 1 aromatic carbocycles. The van der Waals surface area contributed by atoms with E-state index in [0.717, 1.165) is 17.0 Å². The lowest BCUT2D eigenvalue weighted by molar-refractivity contribution is -0.0498. The first-order valence-electron chi connectivity index (χ1n) is 6.19. The first-order valence-corrected chi connectivity index (χ1v) is 6.19. The molecule has 0 radical (unpaired) electrons. The van der Waals surface area contributed by atoms with Gasteiger partial charge in [-0.15, -0.1) is 0 Å². The fourth-order valence-electron chi connectivity index (χ4n) is 1.68. The monoisotopic (exact) mass is 292 g/mol. The third-order valence-electron chi connectivity index (χ3n) is 2.47. The number of nitrogens with zero attached hydrogens (tertiary/aromatic N) is 3. The van der Waals surface area contributed by atoms with Gasteiger partial charge in [0.2, 0.25) is 5.95 Å². The van der Waals surface area contributed by atoms with Gasteiger partial charge in [0.15, 0.2) is 0 Å². The molecule has 5 nitrogen and oxygen atoms in total. The lowest BCUT2D eigenvalue weighted by atomic mass is 10.2. The molecule has 0 atom stereocenters. The fourth-order valence-corrected chi connectivity index (χ4v) is 1.68. The summed E-state index contributed by atoms with van der Waals surface area (Å²) in [5.74, 6) is 0.508. The van der Waals surface area contributed by atoms with E-state index in [1.165, 1.54) is 18.3 Å². The van der Waals surface area contributed by atoms with Crippen LogP contribution in [0.5, 0.6) is 5.75 Å². The molecule has 0 bridgehead atoms. The highest BCUT2D eigenvalue weighted by Crippen LogP contribution is 2.14. The largest absolute Gasteiger partial charge is 0.435 e. The van der Waals surface area contributed by atoms with Gasteiger partial charge in [-0.2, -0.15) is 13.9 Å². The number of halogens is 2. The van der Waals surface area contributed by atoms with Gasteiger partial charge >= 0.3 is 6.61 Å². The van der Waals surface area contributed by atoms with E-state index >= 15 is 0 Å². The van der Waals surface area contributed by atoms with Gasteiger partial charge in [0.25, 0.3) is 0 Å². The number of anilines is 1. The highest BCUT2D eigenvalue weighted by Gasteiger charge is 2.03. The molecule has 2 rings (SSSR count). The second-order valence-electron chi connectivity index (χ2n) is 4.29. The van der Waals surface area contributed by atoms with Gasteiger partial charge in [0.1, 0.15) is 5.75 Å². The molecule has 1 N–H and O–H groups in total. The van der Waals surface area contributed by atoms with Crippen molar-refractivity contribution in [2.75, 3.05) is 5.43 Å². The summed E-state index contributed by atoms with van der Waals surface area (Å²) in [5, 5.41) is 4.00. The van der Waals surface area contributed by atoms with Crippen LogP contribution in [0, 0.1) is 13.8 Å². The Bertz CT molecular complexity index is 609. The van der Waals surface area contributed by atoms with Gasteiger partial charge in [-0.1, -0.05) is 0 Å². The number of hydrogen-bond donors (Lipinski definition) is 1. The first kappa shape index (κ1) is 14.8. The predicted molar refractivity (Wildman–Crippen MR) is 75.8 cm³/mol. The Morgan fingerprint density at radius 3 is 2.33 bits per heavy atom. The maximum atomic E-state index is 12.0. The molecule has 0 unspecified atom stereocenters. The minimum atomic E-state index is -2.83. The van der Waals surface area contributed by atoms with E-state index in [1.54, 1.807) is 12.1 Å². The molecule has 0 saturated heterocycles. The average Bonchev–Trinajstić information content (AvgIpc) is 2.39. The lowest BCUT2D eigenvalue weighted by Crippen LogP contribution is -2.02. The van der Waals surface area contributed by atoms with Crippen molar-refractivity contribution in [2.24, 2.45) is 5.10 Å². The molecule has 7 heteroatoms. The molecule has 0 fully saturated rings. The summed E-state index contributed by atoms with van der Waals surface area (Å²) >= 11 is 0. The molecule has 0 amide bonds. The van der Waals surface area contributed by atoms with Crippen molar-refractivity contribution in [3.8, 4) is 5.75 Å². The standard InChI is InChI=1S/C14H14F2N4O/c1-9-7-10(2)19-14(18-9)20-17-8-11-3-5-12(6-4-11)21-13(15)16/h3-8,13H,1-2H3,(H,18,19,20)/b17-8-. The number of alkyl halides is 2. The van der Waals surface area contributed by atoms with E-state index in [2.05, 4.69) is 25.2 Å². The molecular weight excluding hydrogens is 278 g/mol. The quantitative estimate of drug-likeness (QED) is 0.679. The summed E-state index contributed by atoms with van der Waals surface area (Å²) < 4.78 is 28.3. The van der Waals surface area contributed by atoms with Gasteiger partial charge in [0.05, 0.1) is 6.21 Å². The number of nitrogens with one attached hydrogen (secondary N) is 1. The van der Waals surface area contributed by atoms with Gasteiger partial charge in [-0.25, -0.2) is 15.4 Å². The zero-order valence-corrected chi connectivity index (χ0v) is 11.5. The maximum Gasteiger partial charge on any atom is 0.387 e.